The highest BCUT2D eigenvalue weighted by Crippen LogP contribution is 2.34. The van der Waals surface area contributed by atoms with Crippen molar-refractivity contribution in [1.82, 2.24) is 10.2 Å². The molecule has 2 nitrogen and oxygen atoms in total. The number of rotatable bonds is 1. The number of hydrogen-bond donors (Lipinski definition) is 0. The molecule has 2 aromatic rings. The van der Waals surface area contributed by atoms with Crippen LogP contribution in [0.1, 0.15) is 5.56 Å². The molecule has 0 atom stereocenters. The minimum atomic E-state index is -4.41. The first-order chi connectivity index (χ1) is 8.38. The van der Waals surface area contributed by atoms with Gasteiger partial charge >= 0.3 is 6.18 Å². The molecule has 0 aliphatic rings. The van der Waals surface area contributed by atoms with Crippen molar-refractivity contribution in [1.29, 1.82) is 0 Å². The highest BCUT2D eigenvalue weighted by Gasteiger charge is 2.30. The van der Waals surface area contributed by atoms with Crippen LogP contribution in [-0.4, -0.2) is 10.2 Å². The Labute approximate surface area is 110 Å². The topological polar surface area (TPSA) is 25.8 Å². The molecule has 2 rings (SSSR count). The summed E-state index contributed by atoms with van der Waals surface area (Å²) < 4.78 is 37.7. The van der Waals surface area contributed by atoms with Crippen molar-refractivity contribution in [3.05, 3.63) is 46.2 Å². The summed E-state index contributed by atoms with van der Waals surface area (Å²) in [5.74, 6) is 0. The van der Waals surface area contributed by atoms with Crippen LogP contribution < -0.4 is 0 Å². The Kier molecular flexibility index (Phi) is 3.45. The minimum absolute atomic E-state index is 0.00118. The van der Waals surface area contributed by atoms with Crippen molar-refractivity contribution in [2.75, 3.05) is 0 Å². The van der Waals surface area contributed by atoms with Crippen LogP contribution in [0.5, 0.6) is 0 Å². The van der Waals surface area contributed by atoms with Crippen LogP contribution in [0.3, 0.4) is 0 Å². The van der Waals surface area contributed by atoms with E-state index in [-0.39, 0.29) is 15.9 Å². The van der Waals surface area contributed by atoms with Gasteiger partial charge in [0.2, 0.25) is 0 Å². The molecule has 7 heteroatoms. The van der Waals surface area contributed by atoms with Crippen molar-refractivity contribution in [3.8, 4) is 11.1 Å². The predicted molar refractivity (Wildman–Crippen MR) is 62.5 cm³/mol. The molecule has 0 fully saturated rings. The fraction of sp³-hybridized carbons (Fsp3) is 0.0909. The molecular formula is C11H5Cl2F3N2. The van der Waals surface area contributed by atoms with Crippen LogP contribution >= 0.6 is 23.2 Å². The van der Waals surface area contributed by atoms with Crippen molar-refractivity contribution < 1.29 is 13.2 Å². The van der Waals surface area contributed by atoms with Gasteiger partial charge in [-0.3, -0.25) is 0 Å². The zero-order valence-electron chi connectivity index (χ0n) is 8.67. The Morgan fingerprint density at radius 1 is 1.00 bits per heavy atom. The average Bonchev–Trinajstić information content (AvgIpc) is 2.31. The lowest BCUT2D eigenvalue weighted by Gasteiger charge is -2.09. The summed E-state index contributed by atoms with van der Waals surface area (Å²) in [6.45, 7) is 0. The second kappa shape index (κ2) is 4.74. The molecular weight excluding hydrogens is 288 g/mol. The van der Waals surface area contributed by atoms with Gasteiger partial charge in [-0.15, -0.1) is 10.2 Å². The van der Waals surface area contributed by atoms with Crippen LogP contribution in [0.2, 0.25) is 10.3 Å². The number of nitrogens with zero attached hydrogens (tertiary/aromatic N) is 2. The van der Waals surface area contributed by atoms with Crippen molar-refractivity contribution >= 4 is 23.2 Å². The Morgan fingerprint density at radius 3 is 2.39 bits per heavy atom. The van der Waals surface area contributed by atoms with E-state index in [9.17, 15) is 13.2 Å². The first kappa shape index (κ1) is 13.1. The molecule has 0 spiro atoms. The summed E-state index contributed by atoms with van der Waals surface area (Å²) in [7, 11) is 0. The van der Waals surface area contributed by atoms with E-state index in [1.807, 2.05) is 0 Å². The summed E-state index contributed by atoms with van der Waals surface area (Å²) >= 11 is 11.4. The van der Waals surface area contributed by atoms with E-state index in [1.165, 1.54) is 18.2 Å². The molecule has 0 aliphatic heterocycles. The zero-order chi connectivity index (χ0) is 13.3. The van der Waals surface area contributed by atoms with E-state index in [0.717, 1.165) is 12.1 Å². The quantitative estimate of drug-likeness (QED) is 0.775. The van der Waals surface area contributed by atoms with Crippen molar-refractivity contribution in [2.45, 2.75) is 6.18 Å². The lowest BCUT2D eigenvalue weighted by Crippen LogP contribution is -2.04. The van der Waals surface area contributed by atoms with E-state index < -0.39 is 11.7 Å². The number of hydrogen-bond acceptors (Lipinski definition) is 2. The summed E-state index contributed by atoms with van der Waals surface area (Å²) in [6.07, 6.45) is -4.41. The van der Waals surface area contributed by atoms with Crippen LogP contribution in [-0.2, 0) is 6.18 Å². The van der Waals surface area contributed by atoms with Gasteiger partial charge in [0.1, 0.15) is 0 Å². The molecule has 0 amide bonds. The first-order valence-electron chi connectivity index (χ1n) is 4.74. The third-order valence-electron chi connectivity index (χ3n) is 2.22. The predicted octanol–water partition coefficient (Wildman–Crippen LogP) is 4.47. The van der Waals surface area contributed by atoms with Gasteiger partial charge in [-0.1, -0.05) is 35.3 Å². The highest BCUT2D eigenvalue weighted by molar-refractivity contribution is 6.33. The second-order valence-corrected chi connectivity index (χ2v) is 4.20. The molecule has 0 radical (unpaired) electrons. The van der Waals surface area contributed by atoms with E-state index >= 15 is 0 Å². The Balaban J connectivity index is 2.55. The number of halogens is 5. The highest BCUT2D eigenvalue weighted by atomic mass is 35.5. The van der Waals surface area contributed by atoms with E-state index in [2.05, 4.69) is 10.2 Å². The number of alkyl halides is 3. The molecule has 0 N–H and O–H groups in total. The molecule has 94 valence electrons. The van der Waals surface area contributed by atoms with Gasteiger partial charge < -0.3 is 0 Å². The summed E-state index contributed by atoms with van der Waals surface area (Å²) in [6, 6.07) is 6.12. The van der Waals surface area contributed by atoms with Crippen LogP contribution in [0.25, 0.3) is 11.1 Å². The van der Waals surface area contributed by atoms with E-state index in [0.29, 0.717) is 5.56 Å². The SMILES string of the molecule is FC(F)(F)c1cccc(-c2cc(Cl)nnc2Cl)c1. The molecule has 0 aliphatic carbocycles. The van der Waals surface area contributed by atoms with Gasteiger partial charge in [-0.2, -0.15) is 13.2 Å². The normalized spacial score (nSPS) is 11.6. The van der Waals surface area contributed by atoms with E-state index in [4.69, 9.17) is 23.2 Å². The standard InChI is InChI=1S/C11H5Cl2F3N2/c12-9-5-8(10(13)18-17-9)6-2-1-3-7(4-6)11(14,15)16/h1-5H. The van der Waals surface area contributed by atoms with Crippen LogP contribution in [0.15, 0.2) is 30.3 Å². The van der Waals surface area contributed by atoms with Gasteiger partial charge in [-0.05, 0) is 23.8 Å². The molecule has 18 heavy (non-hydrogen) atoms. The maximum Gasteiger partial charge on any atom is 0.416 e. The third-order valence-corrected chi connectivity index (χ3v) is 2.68. The lowest BCUT2D eigenvalue weighted by molar-refractivity contribution is -0.137. The second-order valence-electron chi connectivity index (χ2n) is 3.45. The number of benzene rings is 1. The molecule has 1 aromatic carbocycles. The first-order valence-corrected chi connectivity index (χ1v) is 5.50. The molecule has 0 saturated heterocycles. The average molecular weight is 293 g/mol. The van der Waals surface area contributed by atoms with Crippen molar-refractivity contribution in [2.24, 2.45) is 0 Å². The van der Waals surface area contributed by atoms with Crippen LogP contribution in [0, 0.1) is 0 Å². The zero-order valence-corrected chi connectivity index (χ0v) is 10.2. The Morgan fingerprint density at radius 2 is 1.72 bits per heavy atom. The molecule has 0 saturated carbocycles. The maximum absolute atomic E-state index is 12.6. The molecule has 0 bridgehead atoms. The van der Waals surface area contributed by atoms with Gasteiger partial charge in [0, 0.05) is 5.56 Å². The van der Waals surface area contributed by atoms with Gasteiger partial charge in [-0.25, -0.2) is 0 Å². The lowest BCUT2D eigenvalue weighted by atomic mass is 10.1. The summed E-state index contributed by atoms with van der Waals surface area (Å²) in [5.41, 5.74) is -0.168. The maximum atomic E-state index is 12.6. The summed E-state index contributed by atoms with van der Waals surface area (Å²) in [5, 5.41) is 7.11. The van der Waals surface area contributed by atoms with Gasteiger partial charge in [0.15, 0.2) is 10.3 Å². The monoisotopic (exact) mass is 292 g/mol. The fourth-order valence-electron chi connectivity index (χ4n) is 1.42. The molecule has 0 unspecified atom stereocenters. The Bertz CT molecular complexity index is 585. The molecule has 1 aromatic heterocycles. The Hall–Kier alpha value is -1.33. The van der Waals surface area contributed by atoms with E-state index in [1.54, 1.807) is 0 Å². The fourth-order valence-corrected chi connectivity index (χ4v) is 1.77. The van der Waals surface area contributed by atoms with Gasteiger partial charge in [0.05, 0.1) is 5.56 Å². The minimum Gasteiger partial charge on any atom is -0.166 e. The van der Waals surface area contributed by atoms with Crippen LogP contribution in [0.4, 0.5) is 13.2 Å². The van der Waals surface area contributed by atoms with Gasteiger partial charge in [0.25, 0.3) is 0 Å². The third kappa shape index (κ3) is 2.73. The summed E-state index contributed by atoms with van der Waals surface area (Å²) in [4.78, 5) is 0. The molecule has 1 heterocycles. The van der Waals surface area contributed by atoms with Crippen molar-refractivity contribution in [3.63, 3.8) is 0 Å². The number of aromatic nitrogens is 2. The smallest absolute Gasteiger partial charge is 0.166 e. The largest absolute Gasteiger partial charge is 0.416 e.